The van der Waals surface area contributed by atoms with Crippen LogP contribution in [0.3, 0.4) is 0 Å². The summed E-state index contributed by atoms with van der Waals surface area (Å²) in [6, 6.07) is 10.7. The highest BCUT2D eigenvalue weighted by Crippen LogP contribution is 2.34. The molecule has 1 unspecified atom stereocenters. The standard InChI is InChI=1S/C17H19N3O/c1-3-13-10-19-16-9-12(14-4-2-8-21-11-14)5-6-15(16)20-17(13)18-7-1/h1,3,5-7,9,14,19H,2,4,8,10-11H2,(H,18,20). The van der Waals surface area contributed by atoms with Crippen LogP contribution in [0.25, 0.3) is 0 Å². The van der Waals surface area contributed by atoms with Crippen molar-refractivity contribution < 1.29 is 4.74 Å². The number of nitrogens with one attached hydrogen (secondary N) is 2. The zero-order chi connectivity index (χ0) is 14.1. The zero-order valence-corrected chi connectivity index (χ0v) is 11.9. The van der Waals surface area contributed by atoms with Crippen molar-refractivity contribution in [3.63, 3.8) is 0 Å². The number of rotatable bonds is 1. The highest BCUT2D eigenvalue weighted by molar-refractivity contribution is 5.77. The fourth-order valence-electron chi connectivity index (χ4n) is 3.09. The smallest absolute Gasteiger partial charge is 0.135 e. The van der Waals surface area contributed by atoms with Crippen molar-refractivity contribution in [2.75, 3.05) is 23.8 Å². The summed E-state index contributed by atoms with van der Waals surface area (Å²) in [5.74, 6) is 1.46. The van der Waals surface area contributed by atoms with Crippen molar-refractivity contribution in [1.82, 2.24) is 4.98 Å². The Bertz CT molecular complexity index is 650. The first kappa shape index (κ1) is 12.7. The maximum absolute atomic E-state index is 5.61. The van der Waals surface area contributed by atoms with Crippen LogP contribution in [-0.4, -0.2) is 18.2 Å². The molecule has 1 aromatic carbocycles. The van der Waals surface area contributed by atoms with Gasteiger partial charge >= 0.3 is 0 Å². The quantitative estimate of drug-likeness (QED) is 0.837. The second-order valence-electron chi connectivity index (χ2n) is 5.71. The monoisotopic (exact) mass is 281 g/mol. The van der Waals surface area contributed by atoms with Crippen LogP contribution < -0.4 is 10.6 Å². The van der Waals surface area contributed by atoms with E-state index in [9.17, 15) is 0 Å². The van der Waals surface area contributed by atoms with Gasteiger partial charge in [0.15, 0.2) is 0 Å². The minimum Gasteiger partial charge on any atom is -0.381 e. The maximum Gasteiger partial charge on any atom is 0.135 e. The van der Waals surface area contributed by atoms with E-state index in [2.05, 4.69) is 39.9 Å². The van der Waals surface area contributed by atoms with Crippen molar-refractivity contribution in [3.8, 4) is 0 Å². The third-order valence-electron chi connectivity index (χ3n) is 4.29. The molecule has 108 valence electrons. The minimum atomic E-state index is 0.523. The van der Waals surface area contributed by atoms with Gasteiger partial charge in [-0.1, -0.05) is 12.1 Å². The first-order valence-electron chi connectivity index (χ1n) is 7.56. The molecule has 2 N–H and O–H groups in total. The molecular formula is C17H19N3O. The van der Waals surface area contributed by atoms with Crippen LogP contribution in [0.15, 0.2) is 36.5 Å². The molecule has 0 bridgehead atoms. The van der Waals surface area contributed by atoms with Gasteiger partial charge in [-0.3, -0.25) is 0 Å². The zero-order valence-electron chi connectivity index (χ0n) is 11.9. The predicted molar refractivity (Wildman–Crippen MR) is 84.1 cm³/mol. The van der Waals surface area contributed by atoms with Gasteiger partial charge in [0.1, 0.15) is 5.82 Å². The van der Waals surface area contributed by atoms with Crippen molar-refractivity contribution >= 4 is 17.2 Å². The van der Waals surface area contributed by atoms with E-state index in [1.54, 1.807) is 0 Å². The van der Waals surface area contributed by atoms with Crippen LogP contribution in [0.2, 0.25) is 0 Å². The first-order valence-corrected chi connectivity index (χ1v) is 7.56. The number of hydrogen-bond donors (Lipinski definition) is 2. The van der Waals surface area contributed by atoms with E-state index in [0.29, 0.717) is 5.92 Å². The maximum atomic E-state index is 5.61. The number of nitrogens with zero attached hydrogens (tertiary/aromatic N) is 1. The lowest BCUT2D eigenvalue weighted by molar-refractivity contribution is 0.0804. The van der Waals surface area contributed by atoms with Crippen molar-refractivity contribution in [2.45, 2.75) is 25.3 Å². The van der Waals surface area contributed by atoms with E-state index < -0.39 is 0 Å². The van der Waals surface area contributed by atoms with Gasteiger partial charge in [-0.25, -0.2) is 4.98 Å². The fraction of sp³-hybridized carbons (Fsp3) is 0.353. The molecule has 4 rings (SSSR count). The van der Waals surface area contributed by atoms with E-state index in [1.165, 1.54) is 17.5 Å². The lowest BCUT2D eigenvalue weighted by Gasteiger charge is -2.23. The van der Waals surface area contributed by atoms with Gasteiger partial charge < -0.3 is 15.4 Å². The van der Waals surface area contributed by atoms with E-state index in [4.69, 9.17) is 4.74 Å². The Hall–Kier alpha value is -2.07. The van der Waals surface area contributed by atoms with Crippen LogP contribution in [0.4, 0.5) is 17.2 Å². The molecule has 1 saturated heterocycles. The predicted octanol–water partition coefficient (Wildman–Crippen LogP) is 3.64. The van der Waals surface area contributed by atoms with E-state index in [0.717, 1.165) is 43.4 Å². The third kappa shape index (κ3) is 2.47. The number of ether oxygens (including phenoxy) is 1. The largest absolute Gasteiger partial charge is 0.381 e. The summed E-state index contributed by atoms with van der Waals surface area (Å²) >= 11 is 0. The number of aromatic nitrogens is 1. The summed E-state index contributed by atoms with van der Waals surface area (Å²) < 4.78 is 5.61. The second kappa shape index (κ2) is 5.37. The summed E-state index contributed by atoms with van der Waals surface area (Å²) in [5, 5.41) is 6.95. The van der Waals surface area contributed by atoms with Crippen molar-refractivity contribution in [3.05, 3.63) is 47.7 Å². The molecule has 2 aliphatic heterocycles. The number of hydrogen-bond acceptors (Lipinski definition) is 4. The average molecular weight is 281 g/mol. The Morgan fingerprint density at radius 2 is 2.19 bits per heavy atom. The molecule has 4 heteroatoms. The highest BCUT2D eigenvalue weighted by Gasteiger charge is 2.19. The second-order valence-corrected chi connectivity index (χ2v) is 5.71. The number of pyridine rings is 1. The lowest BCUT2D eigenvalue weighted by atomic mass is 9.93. The topological polar surface area (TPSA) is 46.2 Å². The minimum absolute atomic E-state index is 0.523. The molecule has 1 aromatic heterocycles. The summed E-state index contributed by atoms with van der Waals surface area (Å²) in [7, 11) is 0. The summed E-state index contributed by atoms with van der Waals surface area (Å²) in [6.45, 7) is 2.55. The van der Waals surface area contributed by atoms with Crippen molar-refractivity contribution in [2.24, 2.45) is 0 Å². The van der Waals surface area contributed by atoms with Gasteiger partial charge in [-0.15, -0.1) is 0 Å². The van der Waals surface area contributed by atoms with Gasteiger partial charge in [-0.05, 0) is 36.6 Å². The van der Waals surface area contributed by atoms with Crippen LogP contribution in [0.1, 0.15) is 29.9 Å². The molecule has 21 heavy (non-hydrogen) atoms. The van der Waals surface area contributed by atoms with Crippen molar-refractivity contribution in [1.29, 1.82) is 0 Å². The average Bonchev–Trinajstić information content (AvgIpc) is 2.74. The summed E-state index contributed by atoms with van der Waals surface area (Å²) in [5.41, 5.74) is 4.79. The molecule has 4 nitrogen and oxygen atoms in total. The molecule has 0 aliphatic carbocycles. The molecule has 0 saturated carbocycles. The van der Waals surface area contributed by atoms with Crippen LogP contribution >= 0.6 is 0 Å². The van der Waals surface area contributed by atoms with E-state index in [-0.39, 0.29) is 0 Å². The van der Waals surface area contributed by atoms with Crippen LogP contribution in [0.5, 0.6) is 0 Å². The molecule has 0 radical (unpaired) electrons. The normalized spacial score (nSPS) is 20.5. The number of fused-ring (bicyclic) bond motifs is 2. The Morgan fingerprint density at radius 3 is 3.10 bits per heavy atom. The molecule has 2 aliphatic rings. The van der Waals surface area contributed by atoms with Crippen LogP contribution in [-0.2, 0) is 11.3 Å². The molecule has 0 amide bonds. The Kier molecular flexibility index (Phi) is 3.24. The SMILES string of the molecule is c1cnc2c(c1)CNc1cc(C3CCCOC3)ccc1N2. The molecule has 1 atom stereocenters. The van der Waals surface area contributed by atoms with E-state index in [1.807, 2.05) is 12.3 Å². The Labute approximate surface area is 124 Å². The third-order valence-corrected chi connectivity index (χ3v) is 4.29. The Morgan fingerprint density at radius 1 is 1.19 bits per heavy atom. The number of anilines is 3. The van der Waals surface area contributed by atoms with Gasteiger partial charge in [0, 0.05) is 30.8 Å². The van der Waals surface area contributed by atoms with Gasteiger partial charge in [-0.2, -0.15) is 0 Å². The molecule has 0 spiro atoms. The van der Waals surface area contributed by atoms with E-state index >= 15 is 0 Å². The highest BCUT2D eigenvalue weighted by atomic mass is 16.5. The molecule has 2 aromatic rings. The summed E-state index contributed by atoms with van der Waals surface area (Å²) in [6.07, 6.45) is 4.20. The number of benzene rings is 1. The molecule has 3 heterocycles. The van der Waals surface area contributed by atoms with Gasteiger partial charge in [0.05, 0.1) is 18.0 Å². The molecule has 1 fully saturated rings. The first-order chi connectivity index (χ1) is 10.4. The van der Waals surface area contributed by atoms with Gasteiger partial charge in [0.2, 0.25) is 0 Å². The fourth-order valence-corrected chi connectivity index (χ4v) is 3.09. The van der Waals surface area contributed by atoms with Crippen LogP contribution in [0, 0.1) is 0 Å². The molecular weight excluding hydrogens is 262 g/mol. The summed E-state index contributed by atoms with van der Waals surface area (Å²) in [4.78, 5) is 4.42. The Balaban J connectivity index is 1.64. The lowest BCUT2D eigenvalue weighted by Crippen LogP contribution is -2.15. The van der Waals surface area contributed by atoms with Gasteiger partial charge in [0.25, 0.3) is 0 Å².